The van der Waals surface area contributed by atoms with Crippen molar-refractivity contribution in [1.29, 1.82) is 0 Å². The largest absolute Gasteiger partial charge is 0.351 e. The predicted octanol–water partition coefficient (Wildman–Crippen LogP) is 3.39. The molecule has 0 atom stereocenters. The van der Waals surface area contributed by atoms with Crippen LogP contribution in [0.3, 0.4) is 0 Å². The van der Waals surface area contributed by atoms with Crippen LogP contribution in [0.4, 0.5) is 0 Å². The molecule has 0 saturated carbocycles. The van der Waals surface area contributed by atoms with Crippen molar-refractivity contribution < 1.29 is 4.79 Å². The second kappa shape index (κ2) is 8.07. The van der Waals surface area contributed by atoms with E-state index >= 15 is 0 Å². The summed E-state index contributed by atoms with van der Waals surface area (Å²) >= 11 is 4.98. The van der Waals surface area contributed by atoms with Gasteiger partial charge in [0.15, 0.2) is 0 Å². The monoisotopic (exact) mass is 350 g/mol. The first-order valence-corrected chi connectivity index (χ1v) is 8.17. The summed E-state index contributed by atoms with van der Waals surface area (Å²) in [5.41, 5.74) is 2.08. The van der Waals surface area contributed by atoms with Crippen molar-refractivity contribution in [3.8, 4) is 0 Å². The molecule has 0 saturated heterocycles. The SMILES string of the molecule is O=C(CSCc1ccccn1)NCc1cccc(Br)c1. The van der Waals surface area contributed by atoms with Gasteiger partial charge < -0.3 is 5.32 Å². The fourth-order valence-corrected chi connectivity index (χ4v) is 2.85. The maximum absolute atomic E-state index is 11.7. The number of hydrogen-bond acceptors (Lipinski definition) is 3. The first kappa shape index (κ1) is 15.1. The number of halogens is 1. The summed E-state index contributed by atoms with van der Waals surface area (Å²) in [5.74, 6) is 1.25. The minimum atomic E-state index is 0.0471. The molecule has 0 unspecified atom stereocenters. The first-order chi connectivity index (χ1) is 9.74. The predicted molar refractivity (Wildman–Crippen MR) is 86.4 cm³/mol. The molecule has 1 aromatic carbocycles. The molecule has 3 nitrogen and oxygen atoms in total. The zero-order valence-electron chi connectivity index (χ0n) is 10.9. The molecule has 0 aliphatic carbocycles. The molecule has 0 bridgehead atoms. The minimum absolute atomic E-state index is 0.0471. The van der Waals surface area contributed by atoms with Gasteiger partial charge >= 0.3 is 0 Å². The van der Waals surface area contributed by atoms with E-state index in [0.717, 1.165) is 21.5 Å². The highest BCUT2D eigenvalue weighted by Crippen LogP contribution is 2.12. The molecule has 0 aliphatic rings. The number of carbonyl (C=O) groups is 1. The van der Waals surface area contributed by atoms with Gasteiger partial charge in [0.1, 0.15) is 0 Å². The number of nitrogens with one attached hydrogen (secondary N) is 1. The van der Waals surface area contributed by atoms with Crippen molar-refractivity contribution >= 4 is 33.6 Å². The van der Waals surface area contributed by atoms with Gasteiger partial charge in [-0.1, -0.05) is 34.1 Å². The van der Waals surface area contributed by atoms with Crippen molar-refractivity contribution in [3.63, 3.8) is 0 Å². The fraction of sp³-hybridized carbons (Fsp3) is 0.200. The number of hydrogen-bond donors (Lipinski definition) is 1. The maximum Gasteiger partial charge on any atom is 0.230 e. The molecule has 2 aromatic rings. The number of amides is 1. The molecule has 1 N–H and O–H groups in total. The van der Waals surface area contributed by atoms with Gasteiger partial charge in [0.25, 0.3) is 0 Å². The van der Waals surface area contributed by atoms with Crippen LogP contribution in [0.2, 0.25) is 0 Å². The molecule has 2 rings (SSSR count). The maximum atomic E-state index is 11.7. The van der Waals surface area contributed by atoms with E-state index in [1.165, 1.54) is 0 Å². The lowest BCUT2D eigenvalue weighted by molar-refractivity contribution is -0.118. The lowest BCUT2D eigenvalue weighted by Crippen LogP contribution is -2.24. The molecule has 1 heterocycles. The highest BCUT2D eigenvalue weighted by atomic mass is 79.9. The molecule has 0 radical (unpaired) electrons. The van der Waals surface area contributed by atoms with E-state index < -0.39 is 0 Å². The van der Waals surface area contributed by atoms with E-state index in [1.807, 2.05) is 42.5 Å². The molecule has 0 aliphatic heterocycles. The van der Waals surface area contributed by atoms with Gasteiger partial charge in [0.05, 0.1) is 11.4 Å². The molecule has 5 heteroatoms. The highest BCUT2D eigenvalue weighted by molar-refractivity contribution is 9.10. The van der Waals surface area contributed by atoms with Crippen LogP contribution in [0.25, 0.3) is 0 Å². The van der Waals surface area contributed by atoms with Crippen molar-refractivity contribution in [2.75, 3.05) is 5.75 Å². The summed E-state index contributed by atoms with van der Waals surface area (Å²) in [7, 11) is 0. The fourth-order valence-electron chi connectivity index (χ4n) is 1.63. The van der Waals surface area contributed by atoms with E-state index in [4.69, 9.17) is 0 Å². The summed E-state index contributed by atoms with van der Waals surface area (Å²) in [4.78, 5) is 15.9. The van der Waals surface area contributed by atoms with Gasteiger partial charge in [-0.2, -0.15) is 0 Å². The average molecular weight is 351 g/mol. The van der Waals surface area contributed by atoms with Gasteiger partial charge in [-0.15, -0.1) is 11.8 Å². The minimum Gasteiger partial charge on any atom is -0.351 e. The zero-order valence-corrected chi connectivity index (χ0v) is 13.3. The van der Waals surface area contributed by atoms with Crippen LogP contribution in [0.1, 0.15) is 11.3 Å². The molecule has 20 heavy (non-hydrogen) atoms. The molecule has 0 spiro atoms. The third-order valence-electron chi connectivity index (χ3n) is 2.59. The number of aromatic nitrogens is 1. The smallest absolute Gasteiger partial charge is 0.230 e. The Morgan fingerprint density at radius 2 is 2.15 bits per heavy atom. The van der Waals surface area contributed by atoms with Crippen LogP contribution >= 0.6 is 27.7 Å². The number of pyridine rings is 1. The Labute approximate surface area is 131 Å². The summed E-state index contributed by atoms with van der Waals surface area (Å²) in [5, 5.41) is 2.91. The quantitative estimate of drug-likeness (QED) is 0.867. The molecule has 1 amide bonds. The lowest BCUT2D eigenvalue weighted by Gasteiger charge is -2.05. The van der Waals surface area contributed by atoms with Gasteiger partial charge in [-0.05, 0) is 29.8 Å². The lowest BCUT2D eigenvalue weighted by atomic mass is 10.2. The van der Waals surface area contributed by atoms with Crippen molar-refractivity contribution in [3.05, 3.63) is 64.4 Å². The Kier molecular flexibility index (Phi) is 6.08. The average Bonchev–Trinajstić information content (AvgIpc) is 2.46. The van der Waals surface area contributed by atoms with Crippen LogP contribution in [-0.2, 0) is 17.1 Å². The normalized spacial score (nSPS) is 10.2. The first-order valence-electron chi connectivity index (χ1n) is 6.23. The Bertz CT molecular complexity index is 563. The number of thioether (sulfide) groups is 1. The second-order valence-corrected chi connectivity index (χ2v) is 6.12. The van der Waals surface area contributed by atoms with E-state index in [1.54, 1.807) is 18.0 Å². The van der Waals surface area contributed by atoms with Crippen molar-refractivity contribution in [1.82, 2.24) is 10.3 Å². The molecule has 0 fully saturated rings. The number of rotatable bonds is 6. The Morgan fingerprint density at radius 1 is 1.25 bits per heavy atom. The molecular formula is C15H15BrN2OS. The summed E-state index contributed by atoms with van der Waals surface area (Å²) in [6.45, 7) is 0.558. The van der Waals surface area contributed by atoms with Crippen LogP contribution < -0.4 is 5.32 Å². The van der Waals surface area contributed by atoms with E-state index in [9.17, 15) is 4.79 Å². The topological polar surface area (TPSA) is 42.0 Å². The second-order valence-electron chi connectivity index (χ2n) is 4.22. The number of carbonyl (C=O) groups excluding carboxylic acids is 1. The van der Waals surface area contributed by atoms with Crippen LogP contribution in [0.5, 0.6) is 0 Å². The van der Waals surface area contributed by atoms with Crippen molar-refractivity contribution in [2.45, 2.75) is 12.3 Å². The third kappa shape index (κ3) is 5.35. The standard InChI is InChI=1S/C15H15BrN2OS/c16-13-5-3-4-12(8-13)9-18-15(19)11-20-10-14-6-1-2-7-17-14/h1-8H,9-11H2,(H,18,19). The van der Waals surface area contributed by atoms with Gasteiger partial charge in [0.2, 0.25) is 5.91 Å². The highest BCUT2D eigenvalue weighted by Gasteiger charge is 2.02. The summed E-state index contributed by atoms with van der Waals surface area (Å²) in [6.07, 6.45) is 1.77. The summed E-state index contributed by atoms with van der Waals surface area (Å²) < 4.78 is 1.02. The molecular weight excluding hydrogens is 336 g/mol. The zero-order chi connectivity index (χ0) is 14.2. The van der Waals surface area contributed by atoms with Crippen molar-refractivity contribution in [2.24, 2.45) is 0 Å². The van der Waals surface area contributed by atoms with E-state index in [2.05, 4.69) is 26.2 Å². The van der Waals surface area contributed by atoms with Gasteiger partial charge in [-0.25, -0.2) is 0 Å². The van der Waals surface area contributed by atoms with Gasteiger partial charge in [0, 0.05) is 23.0 Å². The van der Waals surface area contributed by atoms with Crippen LogP contribution in [0.15, 0.2) is 53.1 Å². The summed E-state index contributed by atoms with van der Waals surface area (Å²) in [6, 6.07) is 13.7. The number of benzene rings is 1. The Balaban J connectivity index is 1.68. The number of nitrogens with zero attached hydrogens (tertiary/aromatic N) is 1. The Hall–Kier alpha value is -1.33. The van der Waals surface area contributed by atoms with E-state index in [0.29, 0.717) is 12.3 Å². The molecule has 104 valence electrons. The van der Waals surface area contributed by atoms with Crippen LogP contribution in [-0.4, -0.2) is 16.6 Å². The Morgan fingerprint density at radius 3 is 2.90 bits per heavy atom. The van der Waals surface area contributed by atoms with Crippen LogP contribution in [0, 0.1) is 0 Å². The van der Waals surface area contributed by atoms with Gasteiger partial charge in [-0.3, -0.25) is 9.78 Å². The molecule has 1 aromatic heterocycles. The van der Waals surface area contributed by atoms with E-state index in [-0.39, 0.29) is 5.91 Å². The third-order valence-corrected chi connectivity index (χ3v) is 4.05.